The van der Waals surface area contributed by atoms with E-state index in [1.807, 2.05) is 6.92 Å². The lowest BCUT2D eigenvalue weighted by atomic mass is 9.34. The van der Waals surface area contributed by atoms with Crippen molar-refractivity contribution in [2.45, 2.75) is 111 Å². The molecule has 0 bridgehead atoms. The fourth-order valence-electron chi connectivity index (χ4n) is 10.6. The Balaban J connectivity index is 1.55. The van der Waals surface area contributed by atoms with Crippen LogP contribution in [0.2, 0.25) is 0 Å². The molecule has 0 unspecified atom stereocenters. The van der Waals surface area contributed by atoms with Crippen molar-refractivity contribution < 1.29 is 4.79 Å². The van der Waals surface area contributed by atoms with Crippen molar-refractivity contribution in [2.24, 2.45) is 45.8 Å². The molecule has 3 saturated carbocycles. The van der Waals surface area contributed by atoms with E-state index in [0.29, 0.717) is 33.9 Å². The highest BCUT2D eigenvalue weighted by Gasteiger charge is 2.67. The van der Waals surface area contributed by atoms with Gasteiger partial charge in [0.05, 0.1) is 0 Å². The zero-order valence-electron chi connectivity index (χ0n) is 21.2. The van der Waals surface area contributed by atoms with Gasteiger partial charge >= 0.3 is 0 Å². The van der Waals surface area contributed by atoms with Gasteiger partial charge in [0, 0.05) is 11.5 Å². The molecule has 4 aliphatic carbocycles. The Hall–Kier alpha value is -0.630. The SMILES string of the molecule is CC(=O)[C@@H]1CCC=C2CC[C@]3(C)[C@@H](CC[C@@H]4[C@@]5(C)CCCNC(C)(C)[C@@H]5CC[C@]43C)[C@H]21. The number of hydrogen-bond donors (Lipinski definition) is 1. The van der Waals surface area contributed by atoms with Gasteiger partial charge in [-0.2, -0.15) is 0 Å². The van der Waals surface area contributed by atoms with Gasteiger partial charge in [-0.25, -0.2) is 0 Å². The van der Waals surface area contributed by atoms with Crippen LogP contribution in [0.25, 0.3) is 0 Å². The third-order valence-electron chi connectivity index (χ3n) is 12.2. The van der Waals surface area contributed by atoms with Crippen LogP contribution in [0.5, 0.6) is 0 Å². The van der Waals surface area contributed by atoms with E-state index in [0.717, 1.165) is 24.7 Å². The van der Waals surface area contributed by atoms with E-state index in [4.69, 9.17) is 0 Å². The second-order valence-corrected chi connectivity index (χ2v) is 13.5. The summed E-state index contributed by atoms with van der Waals surface area (Å²) in [6, 6.07) is 0. The smallest absolute Gasteiger partial charge is 0.133 e. The van der Waals surface area contributed by atoms with E-state index in [9.17, 15) is 4.79 Å². The Morgan fingerprint density at radius 1 is 0.935 bits per heavy atom. The number of carbonyl (C=O) groups excluding carboxylic acids is 1. The molecule has 31 heavy (non-hydrogen) atoms. The average molecular weight is 426 g/mol. The zero-order valence-corrected chi connectivity index (χ0v) is 21.2. The van der Waals surface area contributed by atoms with E-state index in [-0.39, 0.29) is 11.5 Å². The lowest BCUT2D eigenvalue weighted by Gasteiger charge is -2.70. The van der Waals surface area contributed by atoms with Crippen molar-refractivity contribution in [3.05, 3.63) is 11.6 Å². The molecule has 0 aromatic rings. The standard InChI is InChI=1S/C29H47NO/c1-19(31)21-10-7-9-20-13-16-28(5)22(25(20)21)11-12-24-27(4)15-8-18-30-26(2,3)23(27)14-17-29(24,28)6/h9,21-25,30H,7-8,10-18H2,1-6H3/t21-,22-,23-,24+,25+,27-,28+,29+/m0/s1. The molecule has 0 spiro atoms. The van der Waals surface area contributed by atoms with E-state index in [1.54, 1.807) is 5.57 Å². The fraction of sp³-hybridized carbons (Fsp3) is 0.897. The minimum absolute atomic E-state index is 0.246. The lowest BCUT2D eigenvalue weighted by molar-refractivity contribution is -0.204. The van der Waals surface area contributed by atoms with Crippen LogP contribution in [0.4, 0.5) is 0 Å². The third kappa shape index (κ3) is 2.95. The number of rotatable bonds is 1. The maximum atomic E-state index is 12.7. The number of carbonyl (C=O) groups is 1. The van der Waals surface area contributed by atoms with Gasteiger partial charge < -0.3 is 5.32 Å². The second kappa shape index (κ2) is 7.18. The molecule has 2 heteroatoms. The van der Waals surface area contributed by atoms with Crippen LogP contribution in [-0.2, 0) is 4.79 Å². The fourth-order valence-corrected chi connectivity index (χ4v) is 10.6. The van der Waals surface area contributed by atoms with Crippen molar-refractivity contribution in [3.63, 3.8) is 0 Å². The molecule has 5 rings (SSSR count). The summed E-state index contributed by atoms with van der Waals surface area (Å²) in [5, 5.41) is 3.93. The molecular weight excluding hydrogens is 378 g/mol. The molecule has 8 atom stereocenters. The maximum absolute atomic E-state index is 12.7. The summed E-state index contributed by atoms with van der Waals surface area (Å²) < 4.78 is 0. The number of Topliss-reactive ketones (excluding diaryl/α,β-unsaturated/α-hetero) is 1. The van der Waals surface area contributed by atoms with Gasteiger partial charge in [0.15, 0.2) is 0 Å². The highest BCUT2D eigenvalue weighted by molar-refractivity contribution is 5.79. The zero-order chi connectivity index (χ0) is 22.2. The Labute approximate surface area is 191 Å². The number of ketones is 1. The van der Waals surface area contributed by atoms with Crippen molar-refractivity contribution in [2.75, 3.05) is 6.54 Å². The van der Waals surface area contributed by atoms with Crippen LogP contribution >= 0.6 is 0 Å². The topological polar surface area (TPSA) is 29.1 Å². The Kier molecular flexibility index (Phi) is 5.14. The number of allylic oxidation sites excluding steroid dienone is 2. The maximum Gasteiger partial charge on any atom is 0.133 e. The Bertz CT molecular complexity index is 782. The largest absolute Gasteiger partial charge is 0.311 e. The predicted octanol–water partition coefficient (Wildman–Crippen LogP) is 6.94. The van der Waals surface area contributed by atoms with Gasteiger partial charge in [0.2, 0.25) is 0 Å². The monoisotopic (exact) mass is 425 g/mol. The third-order valence-corrected chi connectivity index (χ3v) is 12.2. The Morgan fingerprint density at radius 3 is 2.45 bits per heavy atom. The van der Waals surface area contributed by atoms with Crippen LogP contribution in [0.15, 0.2) is 11.6 Å². The molecule has 4 fully saturated rings. The molecule has 1 N–H and O–H groups in total. The molecular formula is C29H47NO. The Morgan fingerprint density at radius 2 is 1.71 bits per heavy atom. The van der Waals surface area contributed by atoms with Crippen molar-refractivity contribution in [1.82, 2.24) is 5.32 Å². The number of fused-ring (bicyclic) bond motifs is 7. The van der Waals surface area contributed by atoms with E-state index >= 15 is 0 Å². The molecule has 5 aliphatic rings. The van der Waals surface area contributed by atoms with Gasteiger partial charge in [0.25, 0.3) is 0 Å². The summed E-state index contributed by atoms with van der Waals surface area (Å²) in [6.07, 6.45) is 15.5. The van der Waals surface area contributed by atoms with Crippen molar-refractivity contribution in [3.8, 4) is 0 Å². The van der Waals surface area contributed by atoms with Gasteiger partial charge in [-0.1, -0.05) is 32.4 Å². The summed E-state index contributed by atoms with van der Waals surface area (Å²) in [7, 11) is 0. The minimum atomic E-state index is 0.246. The van der Waals surface area contributed by atoms with Crippen LogP contribution in [0.3, 0.4) is 0 Å². The molecule has 1 aliphatic heterocycles. The molecule has 174 valence electrons. The summed E-state index contributed by atoms with van der Waals surface area (Å²) in [5.74, 6) is 3.60. The van der Waals surface area contributed by atoms with Gasteiger partial charge in [-0.3, -0.25) is 4.79 Å². The first-order chi connectivity index (χ1) is 14.5. The first-order valence-electron chi connectivity index (χ1n) is 13.5. The minimum Gasteiger partial charge on any atom is -0.311 e. The summed E-state index contributed by atoms with van der Waals surface area (Å²) in [4.78, 5) is 12.7. The normalized spacial score (nSPS) is 51.3. The van der Waals surface area contributed by atoms with Gasteiger partial charge in [-0.15, -0.1) is 0 Å². The molecule has 0 amide bonds. The molecule has 0 aromatic heterocycles. The summed E-state index contributed by atoms with van der Waals surface area (Å²) in [5.41, 5.74) is 3.13. The van der Waals surface area contributed by atoms with E-state index in [1.165, 1.54) is 57.9 Å². The van der Waals surface area contributed by atoms with E-state index < -0.39 is 0 Å². The van der Waals surface area contributed by atoms with Crippen LogP contribution in [-0.4, -0.2) is 17.9 Å². The number of hydrogen-bond acceptors (Lipinski definition) is 2. The average Bonchev–Trinajstić information content (AvgIpc) is 2.82. The number of nitrogens with one attached hydrogen (secondary N) is 1. The molecule has 0 radical (unpaired) electrons. The van der Waals surface area contributed by atoms with E-state index in [2.05, 4.69) is 46.0 Å². The first kappa shape index (κ1) is 22.2. The first-order valence-corrected chi connectivity index (χ1v) is 13.5. The highest BCUT2D eigenvalue weighted by Crippen LogP contribution is 2.73. The van der Waals surface area contributed by atoms with Crippen molar-refractivity contribution in [1.29, 1.82) is 0 Å². The molecule has 1 saturated heterocycles. The molecule has 0 aromatic carbocycles. The van der Waals surface area contributed by atoms with Crippen molar-refractivity contribution >= 4 is 5.78 Å². The highest BCUT2D eigenvalue weighted by atomic mass is 16.1. The van der Waals surface area contributed by atoms with Gasteiger partial charge in [-0.05, 0) is 131 Å². The van der Waals surface area contributed by atoms with Crippen LogP contribution in [0.1, 0.15) is 106 Å². The molecule has 2 nitrogen and oxygen atoms in total. The quantitative estimate of drug-likeness (QED) is 0.461. The molecule has 1 heterocycles. The predicted molar refractivity (Wildman–Crippen MR) is 129 cm³/mol. The second-order valence-electron chi connectivity index (χ2n) is 13.5. The van der Waals surface area contributed by atoms with Crippen LogP contribution in [0, 0.1) is 45.8 Å². The van der Waals surface area contributed by atoms with Gasteiger partial charge in [0.1, 0.15) is 5.78 Å². The summed E-state index contributed by atoms with van der Waals surface area (Å²) >= 11 is 0. The summed E-state index contributed by atoms with van der Waals surface area (Å²) in [6.45, 7) is 16.1. The van der Waals surface area contributed by atoms with Crippen LogP contribution < -0.4 is 5.32 Å². The lowest BCUT2D eigenvalue weighted by Crippen LogP contribution is -2.65.